The standard InChI is InChI=1S/C24H27Cl2N3O2/c1-31-20-15-23-22(27-16-20)6-7-24(30)29(23)13-12-28-10-8-17(9-11-28)2-3-18-4-5-19(25)14-21(18)26/h4-7,14-17H,2-3,8-13H2,1H3. The number of pyridine rings is 2. The van der Waals surface area contributed by atoms with Crippen LogP contribution in [-0.2, 0) is 13.0 Å². The average Bonchev–Trinajstić information content (AvgIpc) is 2.78. The summed E-state index contributed by atoms with van der Waals surface area (Å²) in [4.78, 5) is 19.3. The number of fused-ring (bicyclic) bond motifs is 1. The Labute approximate surface area is 192 Å². The van der Waals surface area contributed by atoms with Gasteiger partial charge in [-0.05, 0) is 68.5 Å². The van der Waals surface area contributed by atoms with E-state index in [1.807, 2.05) is 24.3 Å². The van der Waals surface area contributed by atoms with E-state index in [1.54, 1.807) is 30.0 Å². The Balaban J connectivity index is 1.31. The largest absolute Gasteiger partial charge is 0.495 e. The zero-order valence-corrected chi connectivity index (χ0v) is 19.2. The maximum Gasteiger partial charge on any atom is 0.251 e. The summed E-state index contributed by atoms with van der Waals surface area (Å²) < 4.78 is 7.09. The van der Waals surface area contributed by atoms with Crippen molar-refractivity contribution >= 4 is 34.2 Å². The Kier molecular flexibility index (Phi) is 7.16. The minimum atomic E-state index is -0.00252. The van der Waals surface area contributed by atoms with E-state index in [1.165, 1.54) is 18.4 Å². The summed E-state index contributed by atoms with van der Waals surface area (Å²) in [5.41, 5.74) is 2.80. The second-order valence-electron chi connectivity index (χ2n) is 8.16. The van der Waals surface area contributed by atoms with Crippen LogP contribution in [0.3, 0.4) is 0 Å². The smallest absolute Gasteiger partial charge is 0.251 e. The SMILES string of the molecule is COc1cnc2ccc(=O)n(CCN3CCC(CCc4ccc(Cl)cc4Cl)CC3)c2c1. The molecule has 0 bridgehead atoms. The molecule has 0 aliphatic carbocycles. The van der Waals surface area contributed by atoms with E-state index in [0.29, 0.717) is 23.2 Å². The van der Waals surface area contributed by atoms with Crippen LogP contribution in [0.2, 0.25) is 10.0 Å². The number of piperidine rings is 1. The zero-order chi connectivity index (χ0) is 21.8. The second kappa shape index (κ2) is 10.0. The summed E-state index contributed by atoms with van der Waals surface area (Å²) in [5.74, 6) is 1.37. The molecule has 0 unspecified atom stereocenters. The fourth-order valence-corrected chi connectivity index (χ4v) is 4.82. The molecule has 0 spiro atoms. The van der Waals surface area contributed by atoms with E-state index < -0.39 is 0 Å². The number of aryl methyl sites for hydroxylation is 1. The van der Waals surface area contributed by atoms with Crippen molar-refractivity contribution in [2.24, 2.45) is 5.92 Å². The van der Waals surface area contributed by atoms with Gasteiger partial charge in [0.2, 0.25) is 0 Å². The molecule has 164 valence electrons. The Bertz CT molecular complexity index is 1110. The molecule has 31 heavy (non-hydrogen) atoms. The van der Waals surface area contributed by atoms with Crippen molar-refractivity contribution in [3.63, 3.8) is 0 Å². The maximum atomic E-state index is 12.5. The van der Waals surface area contributed by atoms with Gasteiger partial charge in [-0.3, -0.25) is 9.78 Å². The van der Waals surface area contributed by atoms with Gasteiger partial charge in [0.05, 0.1) is 24.3 Å². The first-order valence-electron chi connectivity index (χ1n) is 10.7. The predicted molar refractivity (Wildman–Crippen MR) is 127 cm³/mol. The van der Waals surface area contributed by atoms with Gasteiger partial charge in [0, 0.05) is 35.3 Å². The number of halogens is 2. The Morgan fingerprint density at radius 3 is 2.65 bits per heavy atom. The summed E-state index contributed by atoms with van der Waals surface area (Å²) in [6, 6.07) is 11.0. The number of methoxy groups -OCH3 is 1. The molecular formula is C24H27Cl2N3O2. The van der Waals surface area contributed by atoms with E-state index >= 15 is 0 Å². The number of hydrogen-bond donors (Lipinski definition) is 0. The monoisotopic (exact) mass is 459 g/mol. The predicted octanol–water partition coefficient (Wildman–Crippen LogP) is 5.06. The van der Waals surface area contributed by atoms with E-state index in [4.69, 9.17) is 27.9 Å². The number of rotatable bonds is 7. The quantitative estimate of drug-likeness (QED) is 0.495. The van der Waals surface area contributed by atoms with E-state index in [-0.39, 0.29) is 5.56 Å². The highest BCUT2D eigenvalue weighted by Crippen LogP contribution is 2.27. The Morgan fingerprint density at radius 2 is 1.90 bits per heavy atom. The van der Waals surface area contributed by atoms with Gasteiger partial charge in [0.15, 0.2) is 0 Å². The molecule has 0 saturated carbocycles. The van der Waals surface area contributed by atoms with E-state index in [2.05, 4.69) is 9.88 Å². The van der Waals surface area contributed by atoms with Gasteiger partial charge >= 0.3 is 0 Å². The van der Waals surface area contributed by atoms with Gasteiger partial charge in [0.25, 0.3) is 5.56 Å². The normalized spacial score (nSPS) is 15.5. The molecule has 1 aliphatic heterocycles. The topological polar surface area (TPSA) is 47.4 Å². The van der Waals surface area contributed by atoms with E-state index in [0.717, 1.165) is 48.5 Å². The number of hydrogen-bond acceptors (Lipinski definition) is 4. The number of aromatic nitrogens is 2. The molecule has 5 nitrogen and oxygen atoms in total. The van der Waals surface area contributed by atoms with Crippen molar-refractivity contribution in [2.75, 3.05) is 26.7 Å². The minimum absolute atomic E-state index is 0.00252. The number of ether oxygens (including phenoxy) is 1. The third kappa shape index (κ3) is 5.40. The first-order valence-corrected chi connectivity index (χ1v) is 11.5. The van der Waals surface area contributed by atoms with Gasteiger partial charge in [0.1, 0.15) is 5.75 Å². The fraction of sp³-hybridized carbons (Fsp3) is 0.417. The minimum Gasteiger partial charge on any atom is -0.495 e. The molecule has 1 fully saturated rings. The van der Waals surface area contributed by atoms with Gasteiger partial charge in [-0.2, -0.15) is 0 Å². The molecule has 3 aromatic rings. The maximum absolute atomic E-state index is 12.5. The van der Waals surface area contributed by atoms with Crippen LogP contribution in [0, 0.1) is 5.92 Å². The molecule has 3 heterocycles. The lowest BCUT2D eigenvalue weighted by Crippen LogP contribution is -2.37. The summed E-state index contributed by atoms with van der Waals surface area (Å²) in [7, 11) is 1.61. The van der Waals surface area contributed by atoms with Crippen LogP contribution in [-0.4, -0.2) is 41.2 Å². The van der Waals surface area contributed by atoms with Crippen molar-refractivity contribution < 1.29 is 4.74 Å². The van der Waals surface area contributed by atoms with Gasteiger partial charge in [-0.1, -0.05) is 29.3 Å². The van der Waals surface area contributed by atoms with Crippen LogP contribution in [0.1, 0.15) is 24.8 Å². The number of likely N-dealkylation sites (tertiary alicyclic amines) is 1. The van der Waals surface area contributed by atoms with Crippen molar-refractivity contribution in [1.29, 1.82) is 0 Å². The van der Waals surface area contributed by atoms with Crippen LogP contribution >= 0.6 is 23.2 Å². The average molecular weight is 460 g/mol. The molecule has 4 rings (SSSR count). The van der Waals surface area contributed by atoms with Crippen LogP contribution in [0.5, 0.6) is 5.75 Å². The number of benzene rings is 1. The number of nitrogens with zero attached hydrogens (tertiary/aromatic N) is 3. The lowest BCUT2D eigenvalue weighted by Gasteiger charge is -2.32. The summed E-state index contributed by atoms with van der Waals surface area (Å²) in [5, 5.41) is 1.44. The molecule has 1 saturated heterocycles. The zero-order valence-electron chi connectivity index (χ0n) is 17.7. The highest BCUT2D eigenvalue weighted by molar-refractivity contribution is 6.35. The van der Waals surface area contributed by atoms with Crippen molar-refractivity contribution in [2.45, 2.75) is 32.2 Å². The lowest BCUT2D eigenvalue weighted by atomic mass is 9.90. The second-order valence-corrected chi connectivity index (χ2v) is 9.01. The van der Waals surface area contributed by atoms with E-state index in [9.17, 15) is 4.79 Å². The highest BCUT2D eigenvalue weighted by Gasteiger charge is 2.19. The summed E-state index contributed by atoms with van der Waals surface area (Å²) >= 11 is 12.3. The van der Waals surface area contributed by atoms with Gasteiger partial charge in [-0.15, -0.1) is 0 Å². The first kappa shape index (κ1) is 22.1. The van der Waals surface area contributed by atoms with Gasteiger partial charge < -0.3 is 14.2 Å². The molecular weight excluding hydrogens is 433 g/mol. The molecule has 0 amide bonds. The molecule has 2 aromatic heterocycles. The fourth-order valence-electron chi connectivity index (χ4n) is 4.32. The molecule has 1 aliphatic rings. The van der Waals surface area contributed by atoms with Crippen molar-refractivity contribution in [1.82, 2.24) is 14.5 Å². The Hall–Kier alpha value is -2.08. The highest BCUT2D eigenvalue weighted by atomic mass is 35.5. The molecule has 1 aromatic carbocycles. The van der Waals surface area contributed by atoms with Gasteiger partial charge in [-0.25, -0.2) is 0 Å². The van der Waals surface area contributed by atoms with Crippen molar-refractivity contribution in [3.05, 3.63) is 68.6 Å². The summed E-state index contributed by atoms with van der Waals surface area (Å²) in [6.07, 6.45) is 6.15. The lowest BCUT2D eigenvalue weighted by molar-refractivity contribution is 0.174. The van der Waals surface area contributed by atoms with Crippen LogP contribution in [0.15, 0.2) is 47.4 Å². The molecule has 7 heteroatoms. The third-order valence-electron chi connectivity index (χ3n) is 6.23. The van der Waals surface area contributed by atoms with Crippen molar-refractivity contribution in [3.8, 4) is 5.75 Å². The Morgan fingerprint density at radius 1 is 1.10 bits per heavy atom. The molecule has 0 atom stereocenters. The molecule has 0 N–H and O–H groups in total. The van der Waals surface area contributed by atoms with Crippen LogP contribution in [0.25, 0.3) is 11.0 Å². The third-order valence-corrected chi connectivity index (χ3v) is 6.82. The van der Waals surface area contributed by atoms with Crippen LogP contribution < -0.4 is 10.3 Å². The van der Waals surface area contributed by atoms with Crippen LogP contribution in [0.4, 0.5) is 0 Å². The summed E-state index contributed by atoms with van der Waals surface area (Å²) in [6.45, 7) is 3.61. The molecule has 0 radical (unpaired) electrons. The first-order chi connectivity index (χ1) is 15.0.